The van der Waals surface area contributed by atoms with Gasteiger partial charge in [0.05, 0.1) is 12.6 Å². The Morgan fingerprint density at radius 3 is 2.31 bits per heavy atom. The number of nitrogens with one attached hydrogen (secondary N) is 1. The number of benzene rings is 1. The normalized spacial score (nSPS) is 12.7. The van der Waals surface area contributed by atoms with Crippen LogP contribution >= 0.6 is 0 Å². The monoisotopic (exact) mass is 422 g/mol. The number of unbranched alkanes of at least 4 members (excludes halogenated alkanes) is 2. The van der Waals surface area contributed by atoms with Crippen molar-refractivity contribution in [2.24, 2.45) is 0 Å². The molecule has 142 valence electrons. The molecule has 2 rings (SSSR count). The molecule has 5 nitrogen and oxygen atoms in total. The van der Waals surface area contributed by atoms with Crippen LogP contribution in [-0.4, -0.2) is 28.8 Å². The fourth-order valence-electron chi connectivity index (χ4n) is 2.73. The van der Waals surface area contributed by atoms with Crippen molar-refractivity contribution in [2.45, 2.75) is 44.4 Å². The predicted molar refractivity (Wildman–Crippen MR) is 95.5 cm³/mol. The number of aromatic nitrogens is 1. The first-order valence-electron chi connectivity index (χ1n) is 8.78. The number of nitrogens with zero attached hydrogens (tertiary/aromatic N) is 1. The molecule has 0 saturated heterocycles. The zero-order valence-corrected chi connectivity index (χ0v) is 16.4. The van der Waals surface area contributed by atoms with Crippen molar-refractivity contribution in [3.05, 3.63) is 66.5 Å². The zero-order valence-electron chi connectivity index (χ0n) is 14.8. The lowest BCUT2D eigenvalue weighted by atomic mass is 10.0. The van der Waals surface area contributed by atoms with Crippen LogP contribution in [-0.2, 0) is 11.3 Å². The lowest BCUT2D eigenvalue weighted by molar-refractivity contribution is -0.697. The minimum Gasteiger partial charge on any atom is -1.00 e. The summed E-state index contributed by atoms with van der Waals surface area (Å²) >= 11 is 0. The summed E-state index contributed by atoms with van der Waals surface area (Å²) < 4.78 is 2.12. The lowest BCUT2D eigenvalue weighted by Gasteiger charge is -2.22. The number of aliphatic hydroxyl groups excluding tert-OH is 2. The van der Waals surface area contributed by atoms with Gasteiger partial charge in [-0.25, -0.2) is 4.57 Å². The fourth-order valence-corrected chi connectivity index (χ4v) is 2.73. The lowest BCUT2D eigenvalue weighted by Crippen LogP contribution is -3.00. The summed E-state index contributed by atoms with van der Waals surface area (Å²) in [6.45, 7) is 0.640. The summed E-state index contributed by atoms with van der Waals surface area (Å²) in [5.74, 6) is -0.138. The van der Waals surface area contributed by atoms with Gasteiger partial charge < -0.3 is 32.5 Å². The number of rotatable bonds is 10. The third kappa shape index (κ3) is 7.64. The molecule has 0 aliphatic heterocycles. The van der Waals surface area contributed by atoms with Gasteiger partial charge in [-0.15, -0.1) is 0 Å². The quantitative estimate of drug-likeness (QED) is 0.330. The zero-order chi connectivity index (χ0) is 17.9. The van der Waals surface area contributed by atoms with Gasteiger partial charge in [0.15, 0.2) is 12.4 Å². The van der Waals surface area contributed by atoms with Crippen molar-refractivity contribution in [1.82, 2.24) is 5.32 Å². The Morgan fingerprint density at radius 1 is 1.00 bits per heavy atom. The molecule has 1 aromatic heterocycles. The summed E-state index contributed by atoms with van der Waals surface area (Å²) in [6, 6.07) is 14.4. The Hall–Kier alpha value is -1.76. The van der Waals surface area contributed by atoms with Crippen LogP contribution in [0.4, 0.5) is 0 Å². The molecule has 2 atom stereocenters. The highest BCUT2D eigenvalue weighted by Gasteiger charge is 2.21. The van der Waals surface area contributed by atoms with Crippen LogP contribution in [0.2, 0.25) is 0 Å². The fraction of sp³-hybridized carbons (Fsp3) is 0.400. The van der Waals surface area contributed by atoms with E-state index in [1.807, 2.05) is 48.8 Å². The Kier molecular flexibility index (Phi) is 10.8. The number of hydrogen-bond acceptors (Lipinski definition) is 3. The summed E-state index contributed by atoms with van der Waals surface area (Å²) in [7, 11) is 0. The van der Waals surface area contributed by atoms with Crippen molar-refractivity contribution in [2.75, 3.05) is 6.61 Å². The maximum atomic E-state index is 12.0. The van der Waals surface area contributed by atoms with E-state index < -0.39 is 12.1 Å². The highest BCUT2D eigenvalue weighted by molar-refractivity contribution is 5.76. The first-order valence-corrected chi connectivity index (χ1v) is 8.78. The molecule has 26 heavy (non-hydrogen) atoms. The number of hydrogen-bond donors (Lipinski definition) is 3. The number of carbonyl (C=O) groups is 1. The summed E-state index contributed by atoms with van der Waals surface area (Å²) in [4.78, 5) is 12.0. The van der Waals surface area contributed by atoms with E-state index in [9.17, 15) is 15.0 Å². The van der Waals surface area contributed by atoms with Crippen LogP contribution in [0.1, 0.15) is 37.4 Å². The van der Waals surface area contributed by atoms with Crippen LogP contribution in [0.5, 0.6) is 0 Å². The van der Waals surface area contributed by atoms with Gasteiger partial charge in [-0.1, -0.05) is 36.4 Å². The Balaban J connectivity index is 0.00000338. The molecule has 1 amide bonds. The molecule has 1 aromatic carbocycles. The number of halogens is 1. The van der Waals surface area contributed by atoms with E-state index >= 15 is 0 Å². The van der Waals surface area contributed by atoms with Crippen LogP contribution < -0.4 is 26.9 Å². The molecule has 0 aliphatic rings. The van der Waals surface area contributed by atoms with E-state index in [2.05, 4.69) is 9.88 Å². The van der Waals surface area contributed by atoms with Gasteiger partial charge in [-0.05, 0) is 18.4 Å². The van der Waals surface area contributed by atoms with Crippen LogP contribution in [0.3, 0.4) is 0 Å². The Morgan fingerprint density at radius 2 is 1.65 bits per heavy atom. The third-order valence-electron chi connectivity index (χ3n) is 4.16. The van der Waals surface area contributed by atoms with Crippen molar-refractivity contribution in [3.63, 3.8) is 0 Å². The van der Waals surface area contributed by atoms with Gasteiger partial charge in [0.2, 0.25) is 5.91 Å². The molecule has 0 radical (unpaired) electrons. The highest BCUT2D eigenvalue weighted by Crippen LogP contribution is 2.16. The summed E-state index contributed by atoms with van der Waals surface area (Å²) in [5.41, 5.74) is 0.682. The minimum absolute atomic E-state index is 0. The van der Waals surface area contributed by atoms with Gasteiger partial charge in [0.25, 0.3) is 0 Å². The standard InChI is InChI=1S/C20H26N2O3.BrH/c23-16-18(20(25)17-10-4-1-5-11-17)21-19(24)12-6-2-7-13-22-14-8-3-9-15-22;/h1,3-5,8-11,14-15,18,20,23,25H,2,6-7,12-13,16H2;1H/t18-,20-;/m0./s1. The van der Waals surface area contributed by atoms with Gasteiger partial charge in [0.1, 0.15) is 12.6 Å². The summed E-state index contributed by atoms with van der Waals surface area (Å²) in [6.07, 6.45) is 6.31. The number of pyridine rings is 1. The smallest absolute Gasteiger partial charge is 0.220 e. The SMILES string of the molecule is O=C(CCCCC[n+]1ccccc1)N[C@@H](CO)[C@@H](O)c1ccccc1.[Br-]. The molecular formula is C20H27BrN2O3. The minimum atomic E-state index is -0.912. The second-order valence-corrected chi connectivity index (χ2v) is 6.14. The van der Waals surface area contributed by atoms with Gasteiger partial charge in [-0.2, -0.15) is 0 Å². The van der Waals surface area contributed by atoms with E-state index in [0.717, 1.165) is 25.8 Å². The Labute approximate surface area is 165 Å². The number of carbonyl (C=O) groups excluding carboxylic acids is 1. The second-order valence-electron chi connectivity index (χ2n) is 6.14. The molecule has 2 aromatic rings. The van der Waals surface area contributed by atoms with Crippen LogP contribution in [0, 0.1) is 0 Å². The molecule has 0 fully saturated rings. The predicted octanol–water partition coefficient (Wildman–Crippen LogP) is -1.25. The molecule has 6 heteroatoms. The second kappa shape index (κ2) is 12.6. The summed E-state index contributed by atoms with van der Waals surface area (Å²) in [5, 5.41) is 22.5. The molecule has 1 heterocycles. The maximum Gasteiger partial charge on any atom is 0.220 e. The molecule has 3 N–H and O–H groups in total. The Bertz CT molecular complexity index is 625. The van der Waals surface area contributed by atoms with Gasteiger partial charge in [0, 0.05) is 25.0 Å². The van der Waals surface area contributed by atoms with Crippen molar-refractivity contribution in [3.8, 4) is 0 Å². The van der Waals surface area contributed by atoms with Gasteiger partial charge in [-0.3, -0.25) is 4.79 Å². The molecule has 0 aliphatic carbocycles. The van der Waals surface area contributed by atoms with E-state index in [4.69, 9.17) is 0 Å². The van der Waals surface area contributed by atoms with Crippen molar-refractivity contribution in [1.29, 1.82) is 0 Å². The largest absolute Gasteiger partial charge is 1.00 e. The molecule has 0 spiro atoms. The molecule has 0 unspecified atom stereocenters. The van der Waals surface area contributed by atoms with E-state index in [-0.39, 0.29) is 29.5 Å². The first-order chi connectivity index (χ1) is 12.2. The van der Waals surface area contributed by atoms with E-state index in [0.29, 0.717) is 12.0 Å². The number of aryl methyl sites for hydroxylation is 1. The van der Waals surface area contributed by atoms with E-state index in [1.54, 1.807) is 12.1 Å². The molecular weight excluding hydrogens is 396 g/mol. The average Bonchev–Trinajstić information content (AvgIpc) is 2.67. The van der Waals surface area contributed by atoms with Crippen molar-refractivity contribution < 1.29 is 36.6 Å². The van der Waals surface area contributed by atoms with Gasteiger partial charge >= 0.3 is 0 Å². The van der Waals surface area contributed by atoms with Crippen LogP contribution in [0.15, 0.2) is 60.9 Å². The first kappa shape index (κ1) is 22.3. The average molecular weight is 423 g/mol. The number of amides is 1. The topological polar surface area (TPSA) is 73.4 Å². The van der Waals surface area contributed by atoms with Crippen molar-refractivity contribution >= 4 is 5.91 Å². The third-order valence-corrected chi connectivity index (χ3v) is 4.16. The number of aliphatic hydroxyl groups is 2. The highest BCUT2D eigenvalue weighted by atomic mass is 79.9. The maximum absolute atomic E-state index is 12.0. The molecule has 0 saturated carbocycles. The van der Waals surface area contributed by atoms with E-state index in [1.165, 1.54) is 0 Å². The van der Waals surface area contributed by atoms with Crippen LogP contribution in [0.25, 0.3) is 0 Å². The molecule has 0 bridgehead atoms.